The summed E-state index contributed by atoms with van der Waals surface area (Å²) in [5.41, 5.74) is 6.08. The number of carbonyl (C=O) groups excluding carboxylic acids is 1. The van der Waals surface area contributed by atoms with Crippen molar-refractivity contribution in [3.8, 4) is 11.1 Å². The molecular weight excluding hydrogens is 376 g/mol. The summed E-state index contributed by atoms with van der Waals surface area (Å²) in [5, 5.41) is 2.40. The molecule has 0 radical (unpaired) electrons. The number of fused-ring (bicyclic) bond motifs is 1. The molecule has 0 amide bonds. The molecule has 0 saturated carbocycles. The van der Waals surface area contributed by atoms with Gasteiger partial charge >= 0.3 is 0 Å². The Morgan fingerprint density at radius 1 is 0.516 bits per heavy atom. The zero-order valence-electron chi connectivity index (χ0n) is 17.2. The van der Waals surface area contributed by atoms with Crippen LogP contribution in [-0.4, -0.2) is 5.78 Å². The van der Waals surface area contributed by atoms with Crippen molar-refractivity contribution in [2.75, 3.05) is 0 Å². The van der Waals surface area contributed by atoms with E-state index >= 15 is 0 Å². The SMILES string of the molecule is O=C(c1ccccc1)c1ccccc1-c1ccc(Cc2ccccc2)c2ccccc12. The maximum absolute atomic E-state index is 13.3. The van der Waals surface area contributed by atoms with Crippen molar-refractivity contribution < 1.29 is 4.79 Å². The van der Waals surface area contributed by atoms with Gasteiger partial charge in [-0.1, -0.05) is 121 Å². The number of hydrogen-bond acceptors (Lipinski definition) is 1. The summed E-state index contributed by atoms with van der Waals surface area (Å²) >= 11 is 0. The van der Waals surface area contributed by atoms with Gasteiger partial charge in [-0.05, 0) is 39.4 Å². The summed E-state index contributed by atoms with van der Waals surface area (Å²) in [6, 6.07) is 40.8. The van der Waals surface area contributed by atoms with Gasteiger partial charge in [0.1, 0.15) is 0 Å². The van der Waals surface area contributed by atoms with Crippen LogP contribution >= 0.6 is 0 Å². The number of hydrogen-bond donors (Lipinski definition) is 0. The minimum absolute atomic E-state index is 0.0497. The predicted octanol–water partition coefficient (Wildman–Crippen LogP) is 7.33. The van der Waals surface area contributed by atoms with Crippen molar-refractivity contribution in [1.82, 2.24) is 0 Å². The zero-order chi connectivity index (χ0) is 21.0. The molecule has 5 aromatic rings. The van der Waals surface area contributed by atoms with Gasteiger partial charge in [-0.3, -0.25) is 4.79 Å². The summed E-state index contributed by atoms with van der Waals surface area (Å²) in [5.74, 6) is 0.0497. The lowest BCUT2D eigenvalue weighted by molar-refractivity contribution is 0.103. The van der Waals surface area contributed by atoms with Gasteiger partial charge in [-0.2, -0.15) is 0 Å². The van der Waals surface area contributed by atoms with Crippen molar-refractivity contribution in [3.05, 3.63) is 144 Å². The molecule has 0 spiro atoms. The Bertz CT molecular complexity index is 1350. The first-order chi connectivity index (χ1) is 15.3. The lowest BCUT2D eigenvalue weighted by atomic mass is 9.88. The fraction of sp³-hybridized carbons (Fsp3) is 0.0333. The van der Waals surface area contributed by atoms with E-state index in [1.807, 2.05) is 54.6 Å². The van der Waals surface area contributed by atoms with Crippen molar-refractivity contribution in [2.24, 2.45) is 0 Å². The van der Waals surface area contributed by atoms with Crippen LogP contribution in [0.4, 0.5) is 0 Å². The van der Waals surface area contributed by atoms with Gasteiger partial charge in [0.2, 0.25) is 0 Å². The molecule has 0 aliphatic rings. The first kappa shape index (κ1) is 19.0. The molecule has 0 saturated heterocycles. The Morgan fingerprint density at radius 3 is 1.90 bits per heavy atom. The largest absolute Gasteiger partial charge is 0.289 e. The van der Waals surface area contributed by atoms with Crippen LogP contribution in [0, 0.1) is 0 Å². The average molecular weight is 399 g/mol. The predicted molar refractivity (Wildman–Crippen MR) is 129 cm³/mol. The first-order valence-corrected chi connectivity index (χ1v) is 10.5. The van der Waals surface area contributed by atoms with E-state index in [0.717, 1.165) is 23.1 Å². The number of carbonyl (C=O) groups is 1. The summed E-state index contributed by atoms with van der Waals surface area (Å²) in [4.78, 5) is 13.3. The Labute approximate surface area is 182 Å². The number of benzene rings is 5. The summed E-state index contributed by atoms with van der Waals surface area (Å²) in [7, 11) is 0. The molecule has 0 fully saturated rings. The minimum atomic E-state index is 0.0497. The lowest BCUT2D eigenvalue weighted by Gasteiger charge is -2.15. The highest BCUT2D eigenvalue weighted by atomic mass is 16.1. The normalized spacial score (nSPS) is 10.8. The minimum Gasteiger partial charge on any atom is -0.289 e. The second-order valence-electron chi connectivity index (χ2n) is 7.72. The Kier molecular flexibility index (Phi) is 5.16. The van der Waals surface area contributed by atoms with Crippen LogP contribution < -0.4 is 0 Å². The highest BCUT2D eigenvalue weighted by Gasteiger charge is 2.16. The van der Waals surface area contributed by atoms with Crippen LogP contribution in [0.3, 0.4) is 0 Å². The molecule has 0 aromatic heterocycles. The summed E-state index contributed by atoms with van der Waals surface area (Å²) in [6.07, 6.45) is 0.881. The maximum atomic E-state index is 13.3. The molecule has 0 aliphatic heterocycles. The third kappa shape index (κ3) is 3.78. The molecule has 1 heteroatoms. The molecule has 1 nitrogen and oxygen atoms in total. The van der Waals surface area contributed by atoms with Crippen molar-refractivity contribution in [2.45, 2.75) is 6.42 Å². The smallest absolute Gasteiger partial charge is 0.193 e. The second-order valence-corrected chi connectivity index (χ2v) is 7.72. The monoisotopic (exact) mass is 398 g/mol. The molecule has 31 heavy (non-hydrogen) atoms. The van der Waals surface area contributed by atoms with Gasteiger partial charge in [0, 0.05) is 11.1 Å². The van der Waals surface area contributed by atoms with E-state index in [1.165, 1.54) is 21.9 Å². The molecule has 0 atom stereocenters. The molecule has 5 rings (SSSR count). The molecular formula is C30H22O. The highest BCUT2D eigenvalue weighted by molar-refractivity contribution is 6.14. The Hall–Kier alpha value is -3.97. The summed E-state index contributed by atoms with van der Waals surface area (Å²) in [6.45, 7) is 0. The van der Waals surface area contributed by atoms with E-state index in [9.17, 15) is 4.79 Å². The van der Waals surface area contributed by atoms with E-state index < -0.39 is 0 Å². The lowest BCUT2D eigenvalue weighted by Crippen LogP contribution is -2.03. The molecule has 0 N–H and O–H groups in total. The van der Waals surface area contributed by atoms with Crippen LogP contribution in [0.15, 0.2) is 121 Å². The third-order valence-corrected chi connectivity index (χ3v) is 5.75. The van der Waals surface area contributed by atoms with Crippen LogP contribution in [0.5, 0.6) is 0 Å². The van der Waals surface area contributed by atoms with Gasteiger partial charge in [0.15, 0.2) is 5.78 Å². The van der Waals surface area contributed by atoms with Crippen LogP contribution in [0.1, 0.15) is 27.0 Å². The van der Waals surface area contributed by atoms with Crippen LogP contribution in [-0.2, 0) is 6.42 Å². The average Bonchev–Trinajstić information content (AvgIpc) is 2.85. The topological polar surface area (TPSA) is 17.1 Å². The van der Waals surface area contributed by atoms with Crippen LogP contribution in [0.25, 0.3) is 21.9 Å². The zero-order valence-corrected chi connectivity index (χ0v) is 17.2. The molecule has 0 aliphatic carbocycles. The maximum Gasteiger partial charge on any atom is 0.193 e. The van der Waals surface area contributed by atoms with E-state index in [-0.39, 0.29) is 5.78 Å². The highest BCUT2D eigenvalue weighted by Crippen LogP contribution is 2.34. The van der Waals surface area contributed by atoms with Gasteiger partial charge in [-0.15, -0.1) is 0 Å². The van der Waals surface area contributed by atoms with E-state index in [0.29, 0.717) is 5.56 Å². The number of rotatable bonds is 5. The van der Waals surface area contributed by atoms with Gasteiger partial charge in [0.05, 0.1) is 0 Å². The van der Waals surface area contributed by atoms with E-state index in [1.54, 1.807) is 0 Å². The van der Waals surface area contributed by atoms with Crippen LogP contribution in [0.2, 0.25) is 0 Å². The molecule has 0 bridgehead atoms. The quantitative estimate of drug-likeness (QED) is 0.283. The second kappa shape index (κ2) is 8.41. The van der Waals surface area contributed by atoms with E-state index in [2.05, 4.69) is 66.7 Å². The van der Waals surface area contributed by atoms with Crippen molar-refractivity contribution in [1.29, 1.82) is 0 Å². The van der Waals surface area contributed by atoms with Crippen molar-refractivity contribution in [3.63, 3.8) is 0 Å². The third-order valence-electron chi connectivity index (χ3n) is 5.75. The standard InChI is InChI=1S/C30H22O/c31-30(23-13-5-2-6-14-23)29-18-10-9-17-27(29)28-20-19-24(21-22-11-3-1-4-12-22)25-15-7-8-16-26(25)28/h1-20H,21H2. The Balaban J connectivity index is 1.64. The van der Waals surface area contributed by atoms with Gasteiger partial charge < -0.3 is 0 Å². The van der Waals surface area contributed by atoms with E-state index in [4.69, 9.17) is 0 Å². The van der Waals surface area contributed by atoms with Gasteiger partial charge in [0.25, 0.3) is 0 Å². The first-order valence-electron chi connectivity index (χ1n) is 10.5. The number of ketones is 1. The van der Waals surface area contributed by atoms with Crippen molar-refractivity contribution >= 4 is 16.6 Å². The fourth-order valence-electron chi connectivity index (χ4n) is 4.23. The molecule has 0 unspecified atom stereocenters. The molecule has 148 valence electrons. The fourth-order valence-corrected chi connectivity index (χ4v) is 4.23. The molecule has 0 heterocycles. The Morgan fingerprint density at radius 2 is 1.13 bits per heavy atom. The van der Waals surface area contributed by atoms with Gasteiger partial charge in [-0.25, -0.2) is 0 Å². The molecule has 5 aromatic carbocycles. The summed E-state index contributed by atoms with van der Waals surface area (Å²) < 4.78 is 0.